The number of carbonyl (C=O) groups excluding carboxylic acids is 2. The van der Waals surface area contributed by atoms with Gasteiger partial charge in [-0.2, -0.15) is 0 Å². The second kappa shape index (κ2) is 10.4. The molecule has 1 fully saturated rings. The van der Waals surface area contributed by atoms with E-state index in [-0.39, 0.29) is 28.2 Å². The molecule has 0 bridgehead atoms. The number of halogens is 3. The van der Waals surface area contributed by atoms with Crippen molar-refractivity contribution >= 4 is 68.8 Å². The van der Waals surface area contributed by atoms with Crippen molar-refractivity contribution in [1.82, 2.24) is 15.2 Å². The molecular weight excluding hydrogens is 503 g/mol. The highest BCUT2D eigenvalue weighted by Gasteiger charge is 2.27. The van der Waals surface area contributed by atoms with Gasteiger partial charge in [-0.25, -0.2) is 4.98 Å². The molecule has 0 saturated carbocycles. The number of likely N-dealkylation sites (tertiary alicyclic amines) is 1. The first-order chi connectivity index (χ1) is 15.8. The summed E-state index contributed by atoms with van der Waals surface area (Å²) in [6.45, 7) is 1.88. The first-order valence-corrected chi connectivity index (χ1v) is 12.3. The molecule has 4 rings (SSSR count). The van der Waals surface area contributed by atoms with Crippen molar-refractivity contribution in [3.05, 3.63) is 74.2 Å². The maximum absolute atomic E-state index is 13.5. The topological polar surface area (TPSA) is 65.5 Å². The molecule has 2 aromatic carbocycles. The number of aromatic nitrogens is 1. The molecule has 1 aliphatic rings. The second-order valence-corrected chi connectivity index (χ2v) is 9.92. The Balaban J connectivity index is 1.62. The molecule has 0 radical (unpaired) electrons. The van der Waals surface area contributed by atoms with Gasteiger partial charge in [0.15, 0.2) is 5.13 Å². The van der Waals surface area contributed by atoms with E-state index >= 15 is 0 Å². The van der Waals surface area contributed by atoms with Crippen LogP contribution >= 0.6 is 46.1 Å². The van der Waals surface area contributed by atoms with E-state index in [1.807, 2.05) is 0 Å². The quantitative estimate of drug-likeness (QED) is 0.452. The van der Waals surface area contributed by atoms with Gasteiger partial charge in [-0.05, 0) is 75.4 Å². The minimum Gasteiger partial charge on any atom is -0.348 e. The number of benzene rings is 2. The van der Waals surface area contributed by atoms with Crippen LogP contribution in [0.15, 0.2) is 47.8 Å². The first kappa shape index (κ1) is 24.0. The maximum atomic E-state index is 13.5. The summed E-state index contributed by atoms with van der Waals surface area (Å²) in [4.78, 5) is 34.5. The van der Waals surface area contributed by atoms with E-state index in [2.05, 4.69) is 22.2 Å². The summed E-state index contributed by atoms with van der Waals surface area (Å²) < 4.78 is 0. The van der Waals surface area contributed by atoms with Gasteiger partial charge in [0.05, 0.1) is 16.3 Å². The Morgan fingerprint density at radius 2 is 1.73 bits per heavy atom. The summed E-state index contributed by atoms with van der Waals surface area (Å²) in [6.07, 6.45) is 1.79. The third-order valence-corrected chi connectivity index (χ3v) is 7.04. The highest BCUT2D eigenvalue weighted by molar-refractivity contribution is 7.14. The number of piperidine rings is 1. The molecule has 33 heavy (non-hydrogen) atoms. The summed E-state index contributed by atoms with van der Waals surface area (Å²) in [7, 11) is 2.07. The number of nitrogens with zero attached hydrogens (tertiary/aromatic N) is 3. The van der Waals surface area contributed by atoms with Crippen molar-refractivity contribution < 1.29 is 9.59 Å². The fourth-order valence-electron chi connectivity index (χ4n) is 3.57. The van der Waals surface area contributed by atoms with E-state index in [1.165, 1.54) is 22.3 Å². The van der Waals surface area contributed by atoms with Crippen LogP contribution in [-0.4, -0.2) is 47.9 Å². The molecule has 2 amide bonds. The molecule has 0 spiro atoms. The number of thiazole rings is 1. The molecular formula is C23H21Cl3N4O2S. The lowest BCUT2D eigenvalue weighted by Crippen LogP contribution is -2.43. The Kier molecular flexibility index (Phi) is 7.56. The Hall–Kier alpha value is -2.16. The van der Waals surface area contributed by atoms with Crippen molar-refractivity contribution in [2.75, 3.05) is 25.0 Å². The highest BCUT2D eigenvalue weighted by Crippen LogP contribution is 2.33. The summed E-state index contributed by atoms with van der Waals surface area (Å²) >= 11 is 19.5. The number of anilines is 2. The van der Waals surface area contributed by atoms with Gasteiger partial charge in [-0.3, -0.25) is 14.5 Å². The third-order valence-electron chi connectivity index (χ3n) is 5.42. The van der Waals surface area contributed by atoms with E-state index in [9.17, 15) is 9.59 Å². The van der Waals surface area contributed by atoms with Crippen molar-refractivity contribution in [3.8, 4) is 0 Å². The first-order valence-electron chi connectivity index (χ1n) is 10.3. The zero-order chi connectivity index (χ0) is 23.5. The van der Waals surface area contributed by atoms with Crippen LogP contribution in [0.1, 0.15) is 33.7 Å². The van der Waals surface area contributed by atoms with Crippen LogP contribution in [0.3, 0.4) is 0 Å². The van der Waals surface area contributed by atoms with Gasteiger partial charge < -0.3 is 10.2 Å². The standard InChI is InChI=1S/C23H21Cl3N4O2S/c1-29-10-8-16(9-11-29)27-21(31)20-13-33-23(28-20)30(17-5-2-14(24)3-6-17)22(32)18-7-4-15(25)12-19(18)26/h2-7,12-13,16H,8-11H2,1H3,(H,27,31). The molecule has 1 N–H and O–H groups in total. The lowest BCUT2D eigenvalue weighted by Gasteiger charge is -2.29. The monoisotopic (exact) mass is 522 g/mol. The van der Waals surface area contributed by atoms with E-state index in [0.717, 1.165) is 25.9 Å². The smallest absolute Gasteiger partial charge is 0.271 e. The van der Waals surface area contributed by atoms with E-state index in [1.54, 1.807) is 41.8 Å². The number of hydrogen-bond acceptors (Lipinski definition) is 5. The van der Waals surface area contributed by atoms with Crippen LogP contribution < -0.4 is 10.2 Å². The van der Waals surface area contributed by atoms with Crippen LogP contribution in [-0.2, 0) is 0 Å². The Morgan fingerprint density at radius 3 is 2.39 bits per heavy atom. The van der Waals surface area contributed by atoms with Gasteiger partial charge >= 0.3 is 0 Å². The molecule has 172 valence electrons. The van der Waals surface area contributed by atoms with Crippen molar-refractivity contribution in [3.63, 3.8) is 0 Å². The van der Waals surface area contributed by atoms with Gasteiger partial charge in [0.2, 0.25) is 0 Å². The fourth-order valence-corrected chi connectivity index (χ4v) is 5.01. The molecule has 2 heterocycles. The van der Waals surface area contributed by atoms with Crippen LogP contribution in [0.25, 0.3) is 0 Å². The minimum atomic E-state index is -0.393. The number of amides is 2. The van der Waals surface area contributed by atoms with Crippen molar-refractivity contribution in [2.24, 2.45) is 0 Å². The summed E-state index contributed by atoms with van der Waals surface area (Å²) in [6, 6.07) is 11.6. The largest absolute Gasteiger partial charge is 0.348 e. The second-order valence-electron chi connectivity index (χ2n) is 7.81. The molecule has 3 aromatic rings. The van der Waals surface area contributed by atoms with Gasteiger partial charge in [0.1, 0.15) is 5.69 Å². The molecule has 0 unspecified atom stereocenters. The molecule has 10 heteroatoms. The lowest BCUT2D eigenvalue weighted by molar-refractivity contribution is 0.0911. The Bertz CT molecular complexity index is 1160. The average Bonchev–Trinajstić information content (AvgIpc) is 3.26. The third kappa shape index (κ3) is 5.67. The van der Waals surface area contributed by atoms with Crippen LogP contribution in [0.5, 0.6) is 0 Å². The van der Waals surface area contributed by atoms with Gasteiger partial charge in [0.25, 0.3) is 11.8 Å². The Morgan fingerprint density at radius 1 is 1.06 bits per heavy atom. The van der Waals surface area contributed by atoms with E-state index in [4.69, 9.17) is 34.8 Å². The van der Waals surface area contributed by atoms with Crippen LogP contribution in [0, 0.1) is 0 Å². The van der Waals surface area contributed by atoms with Gasteiger partial charge in [0, 0.05) is 21.5 Å². The molecule has 6 nitrogen and oxygen atoms in total. The number of hydrogen-bond donors (Lipinski definition) is 1. The molecule has 1 saturated heterocycles. The molecule has 1 aromatic heterocycles. The molecule has 1 aliphatic heterocycles. The predicted molar refractivity (Wildman–Crippen MR) is 134 cm³/mol. The number of rotatable bonds is 5. The summed E-state index contributed by atoms with van der Waals surface area (Å²) in [5, 5.41) is 6.24. The molecule has 0 atom stereocenters. The van der Waals surface area contributed by atoms with Crippen LogP contribution in [0.4, 0.5) is 10.8 Å². The van der Waals surface area contributed by atoms with Crippen LogP contribution in [0.2, 0.25) is 15.1 Å². The van der Waals surface area contributed by atoms with Crippen molar-refractivity contribution in [1.29, 1.82) is 0 Å². The SMILES string of the molecule is CN1CCC(NC(=O)c2csc(N(C(=O)c3ccc(Cl)cc3Cl)c3ccc(Cl)cc3)n2)CC1. The highest BCUT2D eigenvalue weighted by atomic mass is 35.5. The Labute approximate surface area is 211 Å². The predicted octanol–water partition coefficient (Wildman–Crippen LogP) is 5.91. The lowest BCUT2D eigenvalue weighted by atomic mass is 10.1. The fraction of sp³-hybridized carbons (Fsp3) is 0.261. The zero-order valence-corrected chi connectivity index (χ0v) is 20.8. The summed E-state index contributed by atoms with van der Waals surface area (Å²) in [5.41, 5.74) is 1.08. The summed E-state index contributed by atoms with van der Waals surface area (Å²) in [5.74, 6) is -0.643. The number of carbonyl (C=O) groups is 2. The van der Waals surface area contributed by atoms with Crippen molar-refractivity contribution in [2.45, 2.75) is 18.9 Å². The molecule has 0 aliphatic carbocycles. The van der Waals surface area contributed by atoms with Gasteiger partial charge in [-0.15, -0.1) is 11.3 Å². The van der Waals surface area contributed by atoms with E-state index < -0.39 is 5.91 Å². The minimum absolute atomic E-state index is 0.112. The number of nitrogens with one attached hydrogen (secondary N) is 1. The zero-order valence-electron chi connectivity index (χ0n) is 17.7. The maximum Gasteiger partial charge on any atom is 0.271 e. The van der Waals surface area contributed by atoms with Gasteiger partial charge in [-0.1, -0.05) is 34.8 Å². The average molecular weight is 524 g/mol. The normalized spacial score (nSPS) is 14.8. The van der Waals surface area contributed by atoms with E-state index in [0.29, 0.717) is 20.9 Å².